The van der Waals surface area contributed by atoms with Crippen molar-refractivity contribution in [3.05, 3.63) is 88.2 Å². The van der Waals surface area contributed by atoms with Gasteiger partial charge in [0, 0.05) is 10.6 Å². The van der Waals surface area contributed by atoms with Gasteiger partial charge in [0.25, 0.3) is 5.91 Å². The summed E-state index contributed by atoms with van der Waals surface area (Å²) in [7, 11) is 0. The minimum atomic E-state index is -0.446. The zero-order valence-corrected chi connectivity index (χ0v) is 18.7. The zero-order valence-electron chi connectivity index (χ0n) is 17.2. The van der Waals surface area contributed by atoms with Gasteiger partial charge in [0.2, 0.25) is 0 Å². The Kier molecular flexibility index (Phi) is 6.68. The predicted molar refractivity (Wildman–Crippen MR) is 124 cm³/mol. The van der Waals surface area contributed by atoms with E-state index in [0.717, 1.165) is 10.2 Å². The van der Waals surface area contributed by atoms with Gasteiger partial charge in [-0.15, -0.1) is 0 Å². The number of ether oxygens (including phenoxy) is 2. The van der Waals surface area contributed by atoms with Gasteiger partial charge in [-0.25, -0.2) is 0 Å². The highest BCUT2D eigenvalue weighted by atomic mass is 35.5. The van der Waals surface area contributed by atoms with Crippen molar-refractivity contribution in [3.8, 4) is 11.5 Å². The van der Waals surface area contributed by atoms with Gasteiger partial charge in [-0.1, -0.05) is 47.2 Å². The fraction of sp³-hybridized carbons (Fsp3) is 0.125. The number of thiazole rings is 1. The predicted octanol–water partition coefficient (Wildman–Crippen LogP) is 5.45. The Balaban J connectivity index is 1.70. The Morgan fingerprint density at radius 1 is 1.00 bits per heavy atom. The van der Waals surface area contributed by atoms with Crippen LogP contribution >= 0.6 is 22.9 Å². The first kappa shape index (κ1) is 21.8. The van der Waals surface area contributed by atoms with Gasteiger partial charge in [-0.05, 0) is 55.5 Å². The molecule has 4 rings (SSSR count). The Morgan fingerprint density at radius 3 is 2.56 bits per heavy atom. The van der Waals surface area contributed by atoms with Crippen LogP contribution in [0, 0.1) is 0 Å². The molecule has 0 unspecified atom stereocenters. The minimum absolute atomic E-state index is 0.0568. The number of aromatic nitrogens is 1. The summed E-state index contributed by atoms with van der Waals surface area (Å²) < 4.78 is 13.4. The maximum Gasteiger partial charge on any atom is 0.326 e. The van der Waals surface area contributed by atoms with E-state index < -0.39 is 11.9 Å². The highest BCUT2D eigenvalue weighted by molar-refractivity contribution is 7.16. The van der Waals surface area contributed by atoms with Gasteiger partial charge in [0.15, 0.2) is 4.80 Å². The summed E-state index contributed by atoms with van der Waals surface area (Å²) in [4.78, 5) is 29.8. The molecule has 0 N–H and O–H groups in total. The second-order valence-electron chi connectivity index (χ2n) is 6.75. The normalized spacial score (nSPS) is 11.5. The molecule has 0 saturated carbocycles. The summed E-state index contributed by atoms with van der Waals surface area (Å²) in [6, 6.07) is 21.4. The van der Waals surface area contributed by atoms with Crippen molar-refractivity contribution in [2.24, 2.45) is 4.99 Å². The third-order valence-corrected chi connectivity index (χ3v) is 5.77. The third kappa shape index (κ3) is 5.07. The molecule has 1 heterocycles. The van der Waals surface area contributed by atoms with Crippen LogP contribution < -0.4 is 9.54 Å². The molecule has 1 amide bonds. The molecule has 162 valence electrons. The molecule has 0 bridgehead atoms. The minimum Gasteiger partial charge on any atom is -0.465 e. The molecule has 0 radical (unpaired) electrons. The number of para-hydroxylation sites is 1. The summed E-state index contributed by atoms with van der Waals surface area (Å²) in [5.41, 5.74) is 1.12. The fourth-order valence-corrected chi connectivity index (χ4v) is 4.39. The van der Waals surface area contributed by atoms with E-state index >= 15 is 0 Å². The van der Waals surface area contributed by atoms with Crippen LogP contribution in [0.5, 0.6) is 11.5 Å². The number of carbonyl (C=O) groups is 2. The van der Waals surface area contributed by atoms with Gasteiger partial charge in [-0.3, -0.25) is 9.59 Å². The van der Waals surface area contributed by atoms with Crippen LogP contribution in [0.25, 0.3) is 10.2 Å². The maximum absolute atomic E-state index is 13.0. The summed E-state index contributed by atoms with van der Waals surface area (Å²) >= 11 is 7.40. The number of nitrogens with zero attached hydrogens (tertiary/aromatic N) is 2. The number of amides is 1. The first-order valence-electron chi connectivity index (χ1n) is 9.90. The largest absolute Gasteiger partial charge is 0.465 e. The van der Waals surface area contributed by atoms with Crippen molar-refractivity contribution in [2.75, 3.05) is 6.61 Å². The van der Waals surface area contributed by atoms with Crippen LogP contribution in [-0.2, 0) is 16.1 Å². The summed E-state index contributed by atoms with van der Waals surface area (Å²) in [6.45, 7) is 1.96. The molecule has 6 nitrogen and oxygen atoms in total. The molecular formula is C24H19ClN2O4S. The van der Waals surface area contributed by atoms with Crippen molar-refractivity contribution < 1.29 is 19.1 Å². The number of carbonyl (C=O) groups excluding carboxylic acids is 2. The smallest absolute Gasteiger partial charge is 0.326 e. The number of esters is 1. The fourth-order valence-electron chi connectivity index (χ4n) is 3.09. The average molecular weight is 467 g/mol. The van der Waals surface area contributed by atoms with Gasteiger partial charge in [0.1, 0.15) is 18.0 Å². The maximum atomic E-state index is 13.0. The van der Waals surface area contributed by atoms with Crippen LogP contribution in [0.1, 0.15) is 17.3 Å². The highest BCUT2D eigenvalue weighted by Crippen LogP contribution is 2.24. The molecule has 1 aromatic heterocycles. The number of rotatable bonds is 6. The van der Waals surface area contributed by atoms with Crippen molar-refractivity contribution in [1.82, 2.24) is 4.57 Å². The molecule has 32 heavy (non-hydrogen) atoms. The lowest BCUT2D eigenvalue weighted by Crippen LogP contribution is -2.23. The van der Waals surface area contributed by atoms with E-state index in [9.17, 15) is 9.59 Å². The van der Waals surface area contributed by atoms with Crippen LogP contribution in [0.3, 0.4) is 0 Å². The first-order valence-corrected chi connectivity index (χ1v) is 11.1. The van der Waals surface area contributed by atoms with E-state index in [1.54, 1.807) is 54.0 Å². The van der Waals surface area contributed by atoms with E-state index in [-0.39, 0.29) is 13.2 Å². The van der Waals surface area contributed by atoms with E-state index in [4.69, 9.17) is 21.1 Å². The Hall–Kier alpha value is -3.42. The zero-order chi connectivity index (χ0) is 22.5. The monoisotopic (exact) mass is 466 g/mol. The SMILES string of the molecule is CCOC(=O)Cn1c(=NC(=O)c2cccc(Oc3ccccc3)c2)sc2cc(Cl)ccc21. The van der Waals surface area contributed by atoms with Crippen LogP contribution in [-0.4, -0.2) is 23.1 Å². The van der Waals surface area contributed by atoms with Gasteiger partial charge < -0.3 is 14.0 Å². The molecule has 3 aromatic carbocycles. The molecule has 0 atom stereocenters. The summed E-state index contributed by atoms with van der Waals surface area (Å²) in [5.74, 6) is 0.343. The lowest BCUT2D eigenvalue weighted by molar-refractivity contribution is -0.143. The molecule has 0 fully saturated rings. The average Bonchev–Trinajstić information content (AvgIpc) is 3.10. The molecule has 0 saturated heterocycles. The number of hydrogen-bond acceptors (Lipinski definition) is 5. The topological polar surface area (TPSA) is 69.9 Å². The molecule has 8 heteroatoms. The molecule has 0 aliphatic carbocycles. The van der Waals surface area contributed by atoms with Crippen LogP contribution in [0.4, 0.5) is 0 Å². The molecule has 0 aliphatic rings. The Morgan fingerprint density at radius 2 is 1.78 bits per heavy atom. The Labute approximate surface area is 193 Å². The lowest BCUT2D eigenvalue weighted by Gasteiger charge is -2.06. The number of halogens is 1. The van der Waals surface area contributed by atoms with Gasteiger partial charge in [0.05, 0.1) is 16.8 Å². The van der Waals surface area contributed by atoms with E-state index in [0.29, 0.717) is 26.9 Å². The molecular weight excluding hydrogens is 448 g/mol. The Bertz CT molecular complexity index is 1350. The van der Waals surface area contributed by atoms with Gasteiger partial charge in [-0.2, -0.15) is 4.99 Å². The van der Waals surface area contributed by atoms with Crippen LogP contribution in [0.2, 0.25) is 5.02 Å². The first-order chi connectivity index (χ1) is 15.5. The van der Waals surface area contributed by atoms with Crippen molar-refractivity contribution in [2.45, 2.75) is 13.5 Å². The van der Waals surface area contributed by atoms with Crippen LogP contribution in [0.15, 0.2) is 77.8 Å². The molecule has 0 spiro atoms. The number of benzene rings is 3. The van der Waals surface area contributed by atoms with E-state index in [1.807, 2.05) is 30.3 Å². The second-order valence-corrected chi connectivity index (χ2v) is 8.19. The molecule has 0 aliphatic heterocycles. The number of fused-ring (bicyclic) bond motifs is 1. The highest BCUT2D eigenvalue weighted by Gasteiger charge is 2.14. The van der Waals surface area contributed by atoms with E-state index in [1.165, 1.54) is 11.3 Å². The quantitative estimate of drug-likeness (QED) is 0.354. The second kappa shape index (κ2) is 9.80. The lowest BCUT2D eigenvalue weighted by atomic mass is 10.2. The van der Waals surface area contributed by atoms with Crippen molar-refractivity contribution in [1.29, 1.82) is 0 Å². The summed E-state index contributed by atoms with van der Waals surface area (Å²) in [5, 5.41) is 0.561. The van der Waals surface area contributed by atoms with E-state index in [2.05, 4.69) is 4.99 Å². The number of hydrogen-bond donors (Lipinski definition) is 0. The van der Waals surface area contributed by atoms with Crippen molar-refractivity contribution >= 4 is 45.0 Å². The standard InChI is InChI=1S/C24H19ClN2O4S/c1-2-30-22(28)15-27-20-12-11-17(25)14-21(20)32-24(27)26-23(29)16-7-6-10-19(13-16)31-18-8-4-3-5-9-18/h3-14H,2,15H2,1H3. The third-order valence-electron chi connectivity index (χ3n) is 4.49. The summed E-state index contributed by atoms with van der Waals surface area (Å²) in [6.07, 6.45) is 0. The van der Waals surface area contributed by atoms with Crippen molar-refractivity contribution in [3.63, 3.8) is 0 Å². The van der Waals surface area contributed by atoms with Gasteiger partial charge >= 0.3 is 5.97 Å². The molecule has 4 aromatic rings.